The lowest BCUT2D eigenvalue weighted by atomic mass is 9.90. The van der Waals surface area contributed by atoms with E-state index in [1.807, 2.05) is 0 Å². The summed E-state index contributed by atoms with van der Waals surface area (Å²) in [5.74, 6) is 0.854. The van der Waals surface area contributed by atoms with Gasteiger partial charge in [0.1, 0.15) is 11.4 Å². The van der Waals surface area contributed by atoms with Crippen LogP contribution in [0.2, 0.25) is 0 Å². The molecule has 1 aromatic heterocycles. The SMILES string of the molecule is CC(C)c1ccc2sc([S+](N)[O-])nc2c1C(C)C. The summed E-state index contributed by atoms with van der Waals surface area (Å²) in [6, 6.07) is 4.22. The van der Waals surface area contributed by atoms with E-state index in [9.17, 15) is 4.55 Å². The van der Waals surface area contributed by atoms with E-state index in [1.54, 1.807) is 0 Å². The van der Waals surface area contributed by atoms with Crippen molar-refractivity contribution >= 4 is 32.9 Å². The smallest absolute Gasteiger partial charge is 0.323 e. The van der Waals surface area contributed by atoms with Crippen LogP contribution in [-0.4, -0.2) is 9.54 Å². The highest BCUT2D eigenvalue weighted by Gasteiger charge is 2.20. The zero-order valence-electron chi connectivity index (χ0n) is 11.1. The number of aromatic nitrogens is 1. The van der Waals surface area contributed by atoms with E-state index in [2.05, 4.69) is 44.8 Å². The third kappa shape index (κ3) is 2.40. The Morgan fingerprint density at radius 2 is 1.89 bits per heavy atom. The standard InChI is InChI=1S/C13H18N2OS2/c1-7(2)9-5-6-10-12(11(9)8(3)4)15-13(17-10)18(14)16/h5-8H,14H2,1-4H3. The molecule has 2 aromatic rings. The van der Waals surface area contributed by atoms with Crippen LogP contribution in [0.3, 0.4) is 0 Å². The Kier molecular flexibility index (Phi) is 3.96. The largest absolute Gasteiger partial charge is 0.591 e. The Labute approximate surface area is 115 Å². The summed E-state index contributed by atoms with van der Waals surface area (Å²) in [4.78, 5) is 4.47. The number of thiazole rings is 1. The van der Waals surface area contributed by atoms with Crippen molar-refractivity contribution in [2.45, 2.75) is 43.9 Å². The summed E-state index contributed by atoms with van der Waals surface area (Å²) in [7, 11) is 0. The molecule has 0 radical (unpaired) electrons. The summed E-state index contributed by atoms with van der Waals surface area (Å²) in [6.45, 7) is 8.70. The predicted molar refractivity (Wildman–Crippen MR) is 78.4 cm³/mol. The lowest BCUT2D eigenvalue weighted by Gasteiger charge is -2.16. The highest BCUT2D eigenvalue weighted by Crippen LogP contribution is 2.35. The summed E-state index contributed by atoms with van der Waals surface area (Å²) in [6.07, 6.45) is 0. The maximum Gasteiger partial charge on any atom is 0.323 e. The van der Waals surface area contributed by atoms with Gasteiger partial charge in [0.15, 0.2) is 0 Å². The van der Waals surface area contributed by atoms with Gasteiger partial charge in [0.05, 0.1) is 10.2 Å². The Balaban J connectivity index is 2.73. The second-order valence-electron chi connectivity index (χ2n) is 5.00. The Morgan fingerprint density at radius 1 is 1.22 bits per heavy atom. The van der Waals surface area contributed by atoms with Gasteiger partial charge in [-0.15, -0.1) is 5.14 Å². The average molecular weight is 282 g/mol. The second-order valence-corrected chi connectivity index (χ2v) is 7.27. The van der Waals surface area contributed by atoms with Crippen LogP contribution in [0.4, 0.5) is 0 Å². The lowest BCUT2D eigenvalue weighted by Crippen LogP contribution is -2.11. The summed E-state index contributed by atoms with van der Waals surface area (Å²) in [5, 5.41) is 5.42. The van der Waals surface area contributed by atoms with Crippen molar-refractivity contribution in [2.24, 2.45) is 5.14 Å². The minimum Gasteiger partial charge on any atom is -0.591 e. The van der Waals surface area contributed by atoms with Gasteiger partial charge in [-0.3, -0.25) is 0 Å². The van der Waals surface area contributed by atoms with Gasteiger partial charge in [0.25, 0.3) is 0 Å². The molecule has 1 atom stereocenters. The molecule has 3 nitrogen and oxygen atoms in total. The molecule has 98 valence electrons. The van der Waals surface area contributed by atoms with Crippen molar-refractivity contribution in [3.05, 3.63) is 23.3 Å². The quantitative estimate of drug-likeness (QED) is 0.876. The van der Waals surface area contributed by atoms with Crippen molar-refractivity contribution in [2.75, 3.05) is 0 Å². The predicted octanol–water partition coefficient (Wildman–Crippen LogP) is 3.52. The summed E-state index contributed by atoms with van der Waals surface area (Å²) < 4.78 is 12.9. The van der Waals surface area contributed by atoms with Crippen LogP contribution in [-0.2, 0) is 11.4 Å². The van der Waals surface area contributed by atoms with Crippen LogP contribution in [0.1, 0.15) is 50.7 Å². The van der Waals surface area contributed by atoms with Gasteiger partial charge in [-0.05, 0) is 29.0 Å². The molecule has 1 unspecified atom stereocenters. The highest BCUT2D eigenvalue weighted by atomic mass is 32.2. The van der Waals surface area contributed by atoms with E-state index < -0.39 is 11.4 Å². The molecule has 2 rings (SSSR count). The maximum absolute atomic E-state index is 11.4. The van der Waals surface area contributed by atoms with Crippen molar-refractivity contribution in [3.8, 4) is 0 Å². The molecule has 0 saturated carbocycles. The number of hydrogen-bond acceptors (Lipinski definition) is 4. The topological polar surface area (TPSA) is 62.0 Å². The van der Waals surface area contributed by atoms with Gasteiger partial charge < -0.3 is 4.55 Å². The second kappa shape index (κ2) is 5.17. The fraction of sp³-hybridized carbons (Fsp3) is 0.462. The number of nitrogens with zero attached hydrogens (tertiary/aromatic N) is 1. The van der Waals surface area contributed by atoms with Crippen LogP contribution in [0, 0.1) is 0 Å². The molecule has 18 heavy (non-hydrogen) atoms. The summed E-state index contributed by atoms with van der Waals surface area (Å²) >= 11 is -0.0719. The summed E-state index contributed by atoms with van der Waals surface area (Å²) in [5.41, 5.74) is 3.54. The Bertz CT molecular complexity index is 561. The number of benzene rings is 1. The van der Waals surface area contributed by atoms with Crippen LogP contribution in [0.15, 0.2) is 16.5 Å². The lowest BCUT2D eigenvalue weighted by molar-refractivity contribution is 0.596. The molecule has 0 saturated heterocycles. The van der Waals surface area contributed by atoms with Crippen molar-refractivity contribution in [1.82, 2.24) is 4.98 Å². The van der Waals surface area contributed by atoms with Crippen LogP contribution >= 0.6 is 11.3 Å². The first-order valence-electron chi connectivity index (χ1n) is 6.01. The zero-order valence-corrected chi connectivity index (χ0v) is 12.7. The van der Waals surface area contributed by atoms with Crippen molar-refractivity contribution in [3.63, 3.8) is 0 Å². The molecule has 1 aromatic carbocycles. The Hall–Kier alpha value is -0.620. The molecule has 1 heterocycles. The Morgan fingerprint density at radius 3 is 2.39 bits per heavy atom. The van der Waals surface area contributed by atoms with Gasteiger partial charge in [-0.25, -0.2) is 0 Å². The van der Waals surface area contributed by atoms with Crippen LogP contribution in [0.5, 0.6) is 0 Å². The number of nitrogens with two attached hydrogens (primary N) is 1. The molecule has 5 heteroatoms. The van der Waals surface area contributed by atoms with Crippen molar-refractivity contribution < 1.29 is 4.55 Å². The van der Waals surface area contributed by atoms with E-state index in [4.69, 9.17) is 5.14 Å². The van der Waals surface area contributed by atoms with Gasteiger partial charge in [0.2, 0.25) is 0 Å². The maximum atomic E-state index is 11.4. The van der Waals surface area contributed by atoms with E-state index in [0.717, 1.165) is 10.2 Å². The van der Waals surface area contributed by atoms with E-state index in [-0.39, 0.29) is 0 Å². The van der Waals surface area contributed by atoms with Crippen LogP contribution in [0.25, 0.3) is 10.2 Å². The molecule has 0 bridgehead atoms. The zero-order chi connectivity index (χ0) is 13.4. The van der Waals surface area contributed by atoms with Gasteiger partial charge in [-0.2, -0.15) is 4.98 Å². The highest BCUT2D eigenvalue weighted by molar-refractivity contribution is 7.91. The first kappa shape index (κ1) is 13.8. The molecule has 0 amide bonds. The molecule has 0 aliphatic heterocycles. The molecule has 2 N–H and O–H groups in total. The van der Waals surface area contributed by atoms with E-state index >= 15 is 0 Å². The van der Waals surface area contributed by atoms with Gasteiger partial charge >= 0.3 is 4.34 Å². The first-order valence-corrected chi connectivity index (χ1v) is 8.04. The molecule has 0 fully saturated rings. The van der Waals surface area contributed by atoms with Crippen molar-refractivity contribution in [1.29, 1.82) is 0 Å². The molecular weight excluding hydrogens is 264 g/mol. The third-order valence-corrected chi connectivity index (χ3v) is 4.98. The fourth-order valence-corrected chi connectivity index (χ4v) is 3.70. The monoisotopic (exact) mass is 282 g/mol. The number of hydrogen-bond donors (Lipinski definition) is 1. The molecule has 0 spiro atoms. The fourth-order valence-electron chi connectivity index (χ4n) is 2.21. The minimum atomic E-state index is -1.49. The molecular formula is C13H18N2OS2. The normalized spacial score (nSPS) is 13.8. The van der Waals surface area contributed by atoms with E-state index in [1.165, 1.54) is 22.5 Å². The average Bonchev–Trinajstić information content (AvgIpc) is 2.70. The van der Waals surface area contributed by atoms with E-state index in [0.29, 0.717) is 16.2 Å². The van der Waals surface area contributed by atoms with Gasteiger partial charge in [0, 0.05) is 0 Å². The third-order valence-electron chi connectivity index (χ3n) is 2.99. The van der Waals surface area contributed by atoms with Crippen LogP contribution < -0.4 is 5.14 Å². The number of fused-ring (bicyclic) bond motifs is 1. The number of rotatable bonds is 3. The molecule has 0 aliphatic carbocycles. The first-order chi connectivity index (χ1) is 8.41. The molecule has 0 aliphatic rings. The minimum absolute atomic E-state index is 0.396. The van der Waals surface area contributed by atoms with Gasteiger partial charge in [-0.1, -0.05) is 45.1 Å².